The van der Waals surface area contributed by atoms with E-state index in [-0.39, 0.29) is 31.8 Å². The lowest BCUT2D eigenvalue weighted by Gasteiger charge is -2.33. The third-order valence-electron chi connectivity index (χ3n) is 7.32. The molecule has 0 bridgehead atoms. The lowest BCUT2D eigenvalue weighted by atomic mass is 10.0. The number of benzene rings is 1. The van der Waals surface area contributed by atoms with Crippen molar-refractivity contribution in [3.63, 3.8) is 0 Å². The van der Waals surface area contributed by atoms with Gasteiger partial charge < -0.3 is 29.7 Å². The maximum absolute atomic E-state index is 13.8. The van der Waals surface area contributed by atoms with Gasteiger partial charge in [-0.25, -0.2) is 13.8 Å². The number of aromatic nitrogens is 2. The van der Waals surface area contributed by atoms with Crippen LogP contribution >= 0.6 is 0 Å². The number of nitrogens with zero attached hydrogens (tertiary/aromatic N) is 4. The van der Waals surface area contributed by atoms with Gasteiger partial charge in [-0.05, 0) is 45.3 Å². The molecule has 1 aromatic heterocycles. The van der Waals surface area contributed by atoms with Gasteiger partial charge in [0.1, 0.15) is 11.5 Å². The molecule has 2 fully saturated rings. The second kappa shape index (κ2) is 10.9. The molecule has 0 saturated carbocycles. The molecule has 4 rings (SSSR count). The molecule has 36 heavy (non-hydrogen) atoms. The number of anilines is 2. The topological polar surface area (TPSA) is 83.0 Å². The maximum atomic E-state index is 13.8. The Hall–Kier alpha value is -2.46. The van der Waals surface area contributed by atoms with Crippen molar-refractivity contribution in [2.45, 2.75) is 64.5 Å². The zero-order chi connectivity index (χ0) is 25.9. The van der Waals surface area contributed by atoms with Crippen LogP contribution in [0.3, 0.4) is 0 Å². The second-order valence-electron chi connectivity index (χ2n) is 10.4. The lowest BCUT2D eigenvalue weighted by Crippen LogP contribution is -2.41. The summed E-state index contributed by atoms with van der Waals surface area (Å²) in [6.45, 7) is 9.65. The minimum atomic E-state index is -2.67. The first-order valence-electron chi connectivity index (χ1n) is 13.0. The van der Waals surface area contributed by atoms with E-state index >= 15 is 0 Å². The Bertz CT molecular complexity index is 1030. The molecule has 2 aromatic rings. The number of hydrogen-bond acceptors (Lipinski definition) is 8. The number of methoxy groups -OCH3 is 1. The lowest BCUT2D eigenvalue weighted by molar-refractivity contribution is -0.0222. The number of piperidine rings is 1. The molecular formula is C26H39F2N5O3. The third kappa shape index (κ3) is 6.26. The fraction of sp³-hybridized carbons (Fsp3) is 0.692. The molecule has 2 aliphatic rings. The first-order chi connectivity index (χ1) is 17.1. The Balaban J connectivity index is 1.63. The molecule has 200 valence electrons. The first-order valence-corrected chi connectivity index (χ1v) is 13.0. The van der Waals surface area contributed by atoms with E-state index in [0.29, 0.717) is 40.8 Å². The highest BCUT2D eigenvalue weighted by molar-refractivity contribution is 5.93. The van der Waals surface area contributed by atoms with Crippen LogP contribution in [0.2, 0.25) is 0 Å². The van der Waals surface area contributed by atoms with Gasteiger partial charge in [0.25, 0.3) is 5.92 Å². The van der Waals surface area contributed by atoms with Crippen molar-refractivity contribution >= 4 is 22.7 Å². The van der Waals surface area contributed by atoms with Crippen LogP contribution in [0.4, 0.5) is 20.5 Å². The van der Waals surface area contributed by atoms with Crippen molar-refractivity contribution < 1.29 is 23.4 Å². The number of ether oxygens (including phenoxy) is 2. The summed E-state index contributed by atoms with van der Waals surface area (Å²) >= 11 is 0. The summed E-state index contributed by atoms with van der Waals surface area (Å²) in [5, 5.41) is 14.7. The summed E-state index contributed by atoms with van der Waals surface area (Å²) in [6.07, 6.45) is 2.94. The Morgan fingerprint density at radius 3 is 2.44 bits per heavy atom. The molecule has 3 heterocycles. The molecule has 0 radical (unpaired) electrons. The van der Waals surface area contributed by atoms with Crippen LogP contribution in [0.5, 0.6) is 11.5 Å². The number of rotatable bonds is 10. The highest BCUT2D eigenvalue weighted by Crippen LogP contribution is 2.37. The van der Waals surface area contributed by atoms with E-state index in [0.717, 1.165) is 26.1 Å². The average Bonchev–Trinajstić information content (AvgIpc) is 3.34. The summed E-state index contributed by atoms with van der Waals surface area (Å²) in [4.78, 5) is 13.6. The van der Waals surface area contributed by atoms with Crippen LogP contribution in [-0.4, -0.2) is 78.1 Å². The van der Waals surface area contributed by atoms with E-state index in [1.807, 2.05) is 19.9 Å². The molecule has 2 N–H and O–H groups in total. The fourth-order valence-electron chi connectivity index (χ4n) is 4.53. The van der Waals surface area contributed by atoms with Crippen LogP contribution in [0.25, 0.3) is 10.9 Å². The molecule has 1 unspecified atom stereocenters. The monoisotopic (exact) mass is 507 g/mol. The highest BCUT2D eigenvalue weighted by atomic mass is 19.3. The molecule has 2 aliphatic heterocycles. The first kappa shape index (κ1) is 26.6. The van der Waals surface area contributed by atoms with Crippen LogP contribution in [0.1, 0.15) is 52.9 Å². The van der Waals surface area contributed by atoms with E-state index in [2.05, 4.69) is 15.2 Å². The van der Waals surface area contributed by atoms with Gasteiger partial charge >= 0.3 is 0 Å². The maximum Gasteiger partial charge on any atom is 0.251 e. The van der Waals surface area contributed by atoms with E-state index in [1.165, 1.54) is 12.8 Å². The van der Waals surface area contributed by atoms with Crippen molar-refractivity contribution in [3.05, 3.63) is 12.1 Å². The van der Waals surface area contributed by atoms with Gasteiger partial charge in [0, 0.05) is 49.8 Å². The molecule has 1 atom stereocenters. The number of likely N-dealkylation sites (tertiary alicyclic amines) is 1. The number of aliphatic hydroxyl groups is 1. The minimum Gasteiger partial charge on any atom is -0.493 e. The summed E-state index contributed by atoms with van der Waals surface area (Å²) in [5.74, 6) is -0.887. The predicted molar refractivity (Wildman–Crippen MR) is 137 cm³/mol. The van der Waals surface area contributed by atoms with E-state index in [4.69, 9.17) is 14.5 Å². The molecular weight excluding hydrogens is 468 g/mol. The Morgan fingerprint density at radius 1 is 1.11 bits per heavy atom. The smallest absolute Gasteiger partial charge is 0.251 e. The molecule has 1 aromatic carbocycles. The standard InChI is InChI=1S/C26H39F2N5O3/c1-18(2)25(3,34)31-23-19-16-21(35-4)22(36-15-7-12-32-10-5-6-11-32)17-20(19)29-24(30-23)33-13-8-26(27,28)9-14-33/h16-18,34H,5-15H2,1-4H3,(H,29,30,31). The molecule has 2 saturated heterocycles. The van der Waals surface area contributed by atoms with Gasteiger partial charge in [-0.3, -0.25) is 0 Å². The highest BCUT2D eigenvalue weighted by Gasteiger charge is 2.35. The molecule has 10 heteroatoms. The molecule has 0 amide bonds. The van der Waals surface area contributed by atoms with Crippen molar-refractivity contribution in [1.29, 1.82) is 0 Å². The largest absolute Gasteiger partial charge is 0.493 e. The van der Waals surface area contributed by atoms with Crippen molar-refractivity contribution in [2.24, 2.45) is 5.92 Å². The summed E-state index contributed by atoms with van der Waals surface area (Å²) in [6, 6.07) is 3.61. The minimum absolute atomic E-state index is 0.111. The van der Waals surface area contributed by atoms with E-state index in [1.54, 1.807) is 25.0 Å². The quantitative estimate of drug-likeness (QED) is 0.359. The normalized spacial score (nSPS) is 20.1. The number of fused-ring (bicyclic) bond motifs is 1. The Labute approximate surface area is 212 Å². The van der Waals surface area contributed by atoms with Crippen molar-refractivity contribution in [3.8, 4) is 11.5 Å². The van der Waals surface area contributed by atoms with Gasteiger partial charge in [0.15, 0.2) is 11.5 Å². The Kier molecular flexibility index (Phi) is 8.04. The van der Waals surface area contributed by atoms with Crippen molar-refractivity contribution in [1.82, 2.24) is 14.9 Å². The van der Waals surface area contributed by atoms with Crippen molar-refractivity contribution in [2.75, 3.05) is 56.7 Å². The Morgan fingerprint density at radius 2 is 1.81 bits per heavy atom. The van der Waals surface area contributed by atoms with Crippen LogP contribution in [0, 0.1) is 5.92 Å². The summed E-state index contributed by atoms with van der Waals surface area (Å²) < 4.78 is 39.3. The zero-order valence-electron chi connectivity index (χ0n) is 21.8. The third-order valence-corrected chi connectivity index (χ3v) is 7.32. The van der Waals surface area contributed by atoms with Gasteiger partial charge in [-0.15, -0.1) is 0 Å². The van der Waals surface area contributed by atoms with E-state index < -0.39 is 11.6 Å². The number of alkyl halides is 2. The number of hydrogen-bond donors (Lipinski definition) is 2. The average molecular weight is 508 g/mol. The van der Waals surface area contributed by atoms with Gasteiger partial charge in [-0.2, -0.15) is 4.98 Å². The predicted octanol–water partition coefficient (Wildman–Crippen LogP) is 4.52. The van der Waals surface area contributed by atoms with Gasteiger partial charge in [0.2, 0.25) is 5.95 Å². The molecule has 0 spiro atoms. The van der Waals surface area contributed by atoms with Gasteiger partial charge in [0.05, 0.1) is 19.2 Å². The van der Waals surface area contributed by atoms with E-state index in [9.17, 15) is 13.9 Å². The second-order valence-corrected chi connectivity index (χ2v) is 10.4. The molecule has 0 aliphatic carbocycles. The number of nitrogens with one attached hydrogen (secondary N) is 1. The molecule has 8 nitrogen and oxygen atoms in total. The van der Waals surface area contributed by atoms with Crippen LogP contribution in [0.15, 0.2) is 12.1 Å². The SMILES string of the molecule is COc1cc2c(NC(C)(O)C(C)C)nc(N3CCC(F)(F)CC3)nc2cc1OCCCN1CCCC1. The fourth-order valence-corrected chi connectivity index (χ4v) is 4.53. The summed E-state index contributed by atoms with van der Waals surface area (Å²) in [5.41, 5.74) is -0.652. The zero-order valence-corrected chi connectivity index (χ0v) is 21.8. The van der Waals surface area contributed by atoms with Crippen LogP contribution < -0.4 is 19.7 Å². The number of halogens is 2. The summed E-state index contributed by atoms with van der Waals surface area (Å²) in [7, 11) is 1.58. The van der Waals surface area contributed by atoms with Crippen LogP contribution in [-0.2, 0) is 0 Å². The van der Waals surface area contributed by atoms with Gasteiger partial charge in [-0.1, -0.05) is 13.8 Å².